The summed E-state index contributed by atoms with van der Waals surface area (Å²) in [6, 6.07) is 3.47. The first-order chi connectivity index (χ1) is 8.06. The van der Waals surface area contributed by atoms with E-state index in [0.717, 1.165) is 12.1 Å². The van der Waals surface area contributed by atoms with Gasteiger partial charge in [-0.3, -0.25) is 0 Å². The van der Waals surface area contributed by atoms with Crippen molar-refractivity contribution in [1.29, 1.82) is 5.26 Å². The minimum atomic E-state index is -5.12. The van der Waals surface area contributed by atoms with E-state index in [0.29, 0.717) is 0 Å². The van der Waals surface area contributed by atoms with Crippen LogP contribution in [0.2, 0.25) is 0 Å². The molecule has 0 N–H and O–H groups in total. The highest BCUT2D eigenvalue weighted by Crippen LogP contribution is 2.39. The molecule has 0 unspecified atom stereocenters. The molecule has 0 atom stereocenters. The van der Waals surface area contributed by atoms with Gasteiger partial charge < -0.3 is 4.74 Å². The fourth-order valence-electron chi connectivity index (χ4n) is 1.08. The van der Waals surface area contributed by atoms with Gasteiger partial charge in [-0.05, 0) is 28.1 Å². The monoisotopic (exact) mass is 363 g/mol. The summed E-state index contributed by atoms with van der Waals surface area (Å²) in [5, 5.41) is 8.67. The van der Waals surface area contributed by atoms with Crippen molar-refractivity contribution in [2.24, 2.45) is 0 Å². The van der Waals surface area contributed by atoms with Crippen molar-refractivity contribution in [2.75, 3.05) is 0 Å². The van der Waals surface area contributed by atoms with E-state index in [1.54, 1.807) is 0 Å². The second kappa shape index (κ2) is 4.95. The standard InChI is InChI=1S/C8H2BrClF3NO3S/c9-5-2-1-4(3-14)7(18(10,15)16)6(5)17-8(11,12)13/h1-2H. The number of nitriles is 1. The highest BCUT2D eigenvalue weighted by molar-refractivity contribution is 9.10. The number of ether oxygens (including phenoxy) is 1. The number of nitrogens with zero attached hydrogens (tertiary/aromatic N) is 1. The van der Waals surface area contributed by atoms with Crippen LogP contribution >= 0.6 is 26.6 Å². The third-order valence-corrected chi connectivity index (χ3v) is 3.63. The van der Waals surface area contributed by atoms with Gasteiger partial charge in [0.05, 0.1) is 10.0 Å². The molecule has 0 aliphatic heterocycles. The zero-order valence-electron chi connectivity index (χ0n) is 8.12. The molecular weight excluding hydrogens is 363 g/mol. The smallest absolute Gasteiger partial charge is 0.403 e. The molecule has 0 saturated carbocycles. The van der Waals surface area contributed by atoms with Crippen LogP contribution in [-0.4, -0.2) is 14.8 Å². The lowest BCUT2D eigenvalue weighted by Gasteiger charge is -2.14. The maximum Gasteiger partial charge on any atom is 0.573 e. The Hall–Kier alpha value is -0.980. The molecule has 1 aromatic rings. The van der Waals surface area contributed by atoms with Crippen molar-refractivity contribution in [3.63, 3.8) is 0 Å². The van der Waals surface area contributed by atoms with E-state index in [2.05, 4.69) is 20.7 Å². The second-order valence-electron chi connectivity index (χ2n) is 2.85. The predicted octanol–water partition coefficient (Wildman–Crippen LogP) is 3.15. The van der Waals surface area contributed by atoms with Crippen LogP contribution in [0.3, 0.4) is 0 Å². The van der Waals surface area contributed by atoms with Crippen LogP contribution < -0.4 is 4.74 Å². The van der Waals surface area contributed by atoms with Gasteiger partial charge in [0, 0.05) is 10.7 Å². The van der Waals surface area contributed by atoms with Crippen molar-refractivity contribution >= 4 is 35.7 Å². The highest BCUT2D eigenvalue weighted by Gasteiger charge is 2.36. The van der Waals surface area contributed by atoms with Crippen LogP contribution in [0.15, 0.2) is 21.5 Å². The third-order valence-electron chi connectivity index (χ3n) is 1.65. The summed E-state index contributed by atoms with van der Waals surface area (Å²) in [6.07, 6.45) is -5.12. The molecule has 98 valence electrons. The molecule has 18 heavy (non-hydrogen) atoms. The molecule has 4 nitrogen and oxygen atoms in total. The van der Waals surface area contributed by atoms with E-state index < -0.39 is 31.6 Å². The summed E-state index contributed by atoms with van der Waals surface area (Å²) in [4.78, 5) is -1.03. The van der Waals surface area contributed by atoms with Gasteiger partial charge >= 0.3 is 6.36 Å². The number of halogens is 5. The molecule has 1 rings (SSSR count). The SMILES string of the molecule is N#Cc1ccc(Br)c(OC(F)(F)F)c1S(=O)(=O)Cl. The Morgan fingerprint density at radius 3 is 2.33 bits per heavy atom. The topological polar surface area (TPSA) is 67.2 Å². The molecule has 0 aliphatic carbocycles. The zero-order valence-corrected chi connectivity index (χ0v) is 11.3. The van der Waals surface area contributed by atoms with Gasteiger partial charge in [-0.25, -0.2) is 8.42 Å². The van der Waals surface area contributed by atoms with Crippen LogP contribution in [0.25, 0.3) is 0 Å². The first-order valence-electron chi connectivity index (χ1n) is 3.99. The average Bonchev–Trinajstić information content (AvgIpc) is 2.17. The molecule has 0 radical (unpaired) electrons. The maximum absolute atomic E-state index is 12.2. The molecule has 1 aromatic carbocycles. The molecular formula is C8H2BrClF3NO3S. The Kier molecular flexibility index (Phi) is 4.15. The quantitative estimate of drug-likeness (QED) is 0.756. The number of hydrogen-bond acceptors (Lipinski definition) is 4. The fourth-order valence-corrected chi connectivity index (χ4v) is 2.83. The van der Waals surface area contributed by atoms with Crippen molar-refractivity contribution in [3.8, 4) is 11.8 Å². The summed E-state index contributed by atoms with van der Waals surface area (Å²) < 4.78 is 62.2. The lowest BCUT2D eigenvalue weighted by atomic mass is 10.2. The van der Waals surface area contributed by atoms with Gasteiger partial charge in [-0.1, -0.05) is 0 Å². The third kappa shape index (κ3) is 3.51. The van der Waals surface area contributed by atoms with Crippen LogP contribution in [0.4, 0.5) is 13.2 Å². The van der Waals surface area contributed by atoms with E-state index in [1.807, 2.05) is 0 Å². The average molecular weight is 365 g/mol. The first kappa shape index (κ1) is 15.1. The van der Waals surface area contributed by atoms with E-state index in [1.165, 1.54) is 6.07 Å². The van der Waals surface area contributed by atoms with Gasteiger partial charge in [0.1, 0.15) is 11.0 Å². The van der Waals surface area contributed by atoms with E-state index in [-0.39, 0.29) is 4.47 Å². The van der Waals surface area contributed by atoms with E-state index >= 15 is 0 Å². The van der Waals surface area contributed by atoms with Crippen LogP contribution in [0, 0.1) is 11.3 Å². The summed E-state index contributed by atoms with van der Waals surface area (Å²) in [5.41, 5.74) is -0.549. The number of benzene rings is 1. The molecule has 0 heterocycles. The molecule has 10 heteroatoms. The predicted molar refractivity (Wildman–Crippen MR) is 58.6 cm³/mol. The van der Waals surface area contributed by atoms with E-state index in [4.69, 9.17) is 15.9 Å². The molecule has 0 aliphatic rings. The Labute approximate surface area is 112 Å². The summed E-state index contributed by atoms with van der Waals surface area (Å²) in [6.45, 7) is 0. The lowest BCUT2D eigenvalue weighted by molar-refractivity contribution is -0.275. The lowest BCUT2D eigenvalue weighted by Crippen LogP contribution is -2.19. The number of hydrogen-bond donors (Lipinski definition) is 0. The summed E-state index contributed by atoms with van der Waals surface area (Å²) >= 11 is 2.70. The first-order valence-corrected chi connectivity index (χ1v) is 7.09. The fraction of sp³-hybridized carbons (Fsp3) is 0.125. The van der Waals surface area contributed by atoms with Gasteiger partial charge in [-0.15, -0.1) is 13.2 Å². The van der Waals surface area contributed by atoms with Crippen LogP contribution in [-0.2, 0) is 9.05 Å². The van der Waals surface area contributed by atoms with Crippen LogP contribution in [0.1, 0.15) is 5.56 Å². The van der Waals surface area contributed by atoms with Gasteiger partial charge in [0.15, 0.2) is 5.75 Å². The molecule has 0 spiro atoms. The Balaban J connectivity index is 3.64. The summed E-state index contributed by atoms with van der Waals surface area (Å²) in [5.74, 6) is -1.07. The van der Waals surface area contributed by atoms with Gasteiger partial charge in [-0.2, -0.15) is 5.26 Å². The molecule has 0 amide bonds. The Morgan fingerprint density at radius 1 is 1.39 bits per heavy atom. The van der Waals surface area contributed by atoms with Crippen molar-refractivity contribution in [3.05, 3.63) is 22.2 Å². The molecule has 0 aromatic heterocycles. The van der Waals surface area contributed by atoms with Crippen LogP contribution in [0.5, 0.6) is 5.75 Å². The highest BCUT2D eigenvalue weighted by atomic mass is 79.9. The minimum Gasteiger partial charge on any atom is -0.403 e. The van der Waals surface area contributed by atoms with E-state index in [9.17, 15) is 21.6 Å². The largest absolute Gasteiger partial charge is 0.573 e. The van der Waals surface area contributed by atoms with Gasteiger partial charge in [0.2, 0.25) is 0 Å². The van der Waals surface area contributed by atoms with Gasteiger partial charge in [0.25, 0.3) is 9.05 Å². The Bertz CT molecular complexity index is 624. The minimum absolute atomic E-state index is 0.293. The number of rotatable bonds is 2. The molecule has 0 fully saturated rings. The van der Waals surface area contributed by atoms with Crippen molar-refractivity contribution in [1.82, 2.24) is 0 Å². The van der Waals surface area contributed by atoms with Crippen molar-refractivity contribution in [2.45, 2.75) is 11.3 Å². The normalized spacial score (nSPS) is 12.0. The molecule has 0 saturated heterocycles. The Morgan fingerprint density at radius 2 is 1.94 bits per heavy atom. The second-order valence-corrected chi connectivity index (χ2v) is 6.21. The summed E-state index contributed by atoms with van der Waals surface area (Å²) in [7, 11) is 0.425. The number of alkyl halides is 3. The van der Waals surface area contributed by atoms with Crippen molar-refractivity contribution < 1.29 is 26.3 Å². The molecule has 0 bridgehead atoms. The maximum atomic E-state index is 12.2. The zero-order chi connectivity index (χ0) is 14.1.